The van der Waals surface area contributed by atoms with E-state index in [0.29, 0.717) is 0 Å². The van der Waals surface area contributed by atoms with E-state index < -0.39 is 16.1 Å². The highest BCUT2D eigenvalue weighted by Crippen LogP contribution is 2.33. The molecule has 0 spiro atoms. The zero-order chi connectivity index (χ0) is 24.9. The van der Waals surface area contributed by atoms with Crippen molar-refractivity contribution in [1.29, 1.82) is 0 Å². The molecule has 2 aromatic carbocycles. The number of sulfonamides is 1. The molecular weight excluding hydrogens is 473 g/mol. The molecular formula is C23H24FN7O3S. The van der Waals surface area contributed by atoms with Crippen LogP contribution < -0.4 is 0 Å². The van der Waals surface area contributed by atoms with E-state index in [0.717, 1.165) is 27.7 Å². The summed E-state index contributed by atoms with van der Waals surface area (Å²) in [6.45, 7) is 3.92. The molecule has 2 aromatic heterocycles. The molecule has 1 amide bonds. The van der Waals surface area contributed by atoms with Crippen molar-refractivity contribution in [2.75, 3.05) is 19.6 Å². The molecule has 1 aliphatic heterocycles. The standard InChI is InChI=1S/C23H24FN7O3S/c1-15-10-21-17(12-26-31(21)19-6-4-18(24)5-7-19)11-20(15)22-14-29(8-9-30(22)16(2)32)35(33,34)23-13-25-28(3)27-23/h4-7,10-13,22H,8-9,14H2,1-3H3. The van der Waals surface area contributed by atoms with E-state index in [1.807, 2.05) is 19.1 Å². The summed E-state index contributed by atoms with van der Waals surface area (Å²) < 4.78 is 42.9. The van der Waals surface area contributed by atoms with Gasteiger partial charge in [0.15, 0.2) is 0 Å². The number of carbonyl (C=O) groups is 1. The van der Waals surface area contributed by atoms with Gasteiger partial charge in [0.25, 0.3) is 10.0 Å². The molecule has 1 saturated heterocycles. The quantitative estimate of drug-likeness (QED) is 0.428. The predicted octanol–water partition coefficient (Wildman–Crippen LogP) is 2.20. The molecule has 5 rings (SSSR count). The maximum Gasteiger partial charge on any atom is 0.264 e. The van der Waals surface area contributed by atoms with Crippen LogP contribution in [0.1, 0.15) is 24.1 Å². The third-order valence-corrected chi connectivity index (χ3v) is 8.04. The minimum atomic E-state index is -3.87. The normalized spacial score (nSPS) is 17.3. The fourth-order valence-corrected chi connectivity index (χ4v) is 5.87. The lowest BCUT2D eigenvalue weighted by Gasteiger charge is -2.40. The van der Waals surface area contributed by atoms with Gasteiger partial charge in [-0.25, -0.2) is 17.5 Å². The van der Waals surface area contributed by atoms with Gasteiger partial charge in [-0.2, -0.15) is 19.3 Å². The Balaban J connectivity index is 1.54. The predicted molar refractivity (Wildman–Crippen MR) is 126 cm³/mol. The number of fused-ring (bicyclic) bond motifs is 1. The number of benzene rings is 2. The third-order valence-electron chi connectivity index (χ3n) is 6.32. The van der Waals surface area contributed by atoms with Gasteiger partial charge in [0.1, 0.15) is 5.82 Å². The molecule has 0 saturated carbocycles. The van der Waals surface area contributed by atoms with Crippen LogP contribution in [0.3, 0.4) is 0 Å². The molecule has 3 heterocycles. The summed E-state index contributed by atoms with van der Waals surface area (Å²) >= 11 is 0. The van der Waals surface area contributed by atoms with Crippen molar-refractivity contribution in [3.63, 3.8) is 0 Å². The molecule has 4 aromatic rings. The fraction of sp³-hybridized carbons (Fsp3) is 0.304. The minimum absolute atomic E-state index is 0.0942. The van der Waals surface area contributed by atoms with Gasteiger partial charge < -0.3 is 4.90 Å². The number of piperazine rings is 1. The fourth-order valence-electron chi connectivity index (χ4n) is 4.54. The van der Waals surface area contributed by atoms with Crippen LogP contribution in [0, 0.1) is 12.7 Å². The lowest BCUT2D eigenvalue weighted by molar-refractivity contribution is -0.133. The molecule has 0 radical (unpaired) electrons. The van der Waals surface area contributed by atoms with E-state index in [1.54, 1.807) is 35.0 Å². The summed E-state index contributed by atoms with van der Waals surface area (Å²) in [4.78, 5) is 15.4. The highest BCUT2D eigenvalue weighted by atomic mass is 32.2. The van der Waals surface area contributed by atoms with Crippen LogP contribution in [0.5, 0.6) is 0 Å². The lowest BCUT2D eigenvalue weighted by atomic mass is 9.96. The summed E-state index contributed by atoms with van der Waals surface area (Å²) in [5, 5.41) is 13.0. The van der Waals surface area contributed by atoms with Crippen LogP contribution >= 0.6 is 0 Å². The van der Waals surface area contributed by atoms with Gasteiger partial charge in [0.05, 0.1) is 29.6 Å². The van der Waals surface area contributed by atoms with Crippen LogP contribution in [0.2, 0.25) is 0 Å². The Kier molecular flexibility index (Phi) is 5.64. The number of nitrogens with zero attached hydrogens (tertiary/aromatic N) is 7. The largest absolute Gasteiger partial charge is 0.333 e. The second-order valence-corrected chi connectivity index (χ2v) is 10.4. The van der Waals surface area contributed by atoms with E-state index in [2.05, 4.69) is 15.3 Å². The van der Waals surface area contributed by atoms with Gasteiger partial charge in [0, 0.05) is 39.0 Å². The van der Waals surface area contributed by atoms with Crippen LogP contribution in [0.15, 0.2) is 53.8 Å². The van der Waals surface area contributed by atoms with Gasteiger partial charge in [-0.3, -0.25) is 4.79 Å². The van der Waals surface area contributed by atoms with E-state index in [9.17, 15) is 17.6 Å². The van der Waals surface area contributed by atoms with Gasteiger partial charge in [-0.05, 0) is 54.4 Å². The average molecular weight is 498 g/mol. The van der Waals surface area contributed by atoms with Crippen molar-refractivity contribution in [3.8, 4) is 5.69 Å². The molecule has 10 nitrogen and oxygen atoms in total. The van der Waals surface area contributed by atoms with Crippen molar-refractivity contribution in [3.05, 3.63) is 65.7 Å². The first-order chi connectivity index (χ1) is 16.6. The molecule has 0 N–H and O–H groups in total. The zero-order valence-corrected chi connectivity index (χ0v) is 20.3. The average Bonchev–Trinajstić information content (AvgIpc) is 3.45. The maximum atomic E-state index is 13.4. The highest BCUT2D eigenvalue weighted by molar-refractivity contribution is 7.89. The Morgan fingerprint density at radius 3 is 2.49 bits per heavy atom. The molecule has 182 valence electrons. The molecule has 35 heavy (non-hydrogen) atoms. The zero-order valence-electron chi connectivity index (χ0n) is 19.5. The summed E-state index contributed by atoms with van der Waals surface area (Å²) in [7, 11) is -2.31. The first kappa shape index (κ1) is 23.1. The van der Waals surface area contributed by atoms with Crippen molar-refractivity contribution in [2.45, 2.75) is 24.9 Å². The number of carbonyl (C=O) groups excluding carboxylic acids is 1. The molecule has 0 bridgehead atoms. The Labute approximate surface area is 201 Å². The lowest BCUT2D eigenvalue weighted by Crippen LogP contribution is -2.52. The topological polar surface area (TPSA) is 106 Å². The Morgan fingerprint density at radius 1 is 1.09 bits per heavy atom. The smallest absolute Gasteiger partial charge is 0.264 e. The number of aryl methyl sites for hydroxylation is 2. The van der Waals surface area contributed by atoms with Crippen LogP contribution in [-0.2, 0) is 21.9 Å². The number of aromatic nitrogens is 5. The number of hydrogen-bond acceptors (Lipinski definition) is 6. The van der Waals surface area contributed by atoms with E-state index in [1.165, 1.54) is 34.4 Å². The first-order valence-electron chi connectivity index (χ1n) is 11.0. The highest BCUT2D eigenvalue weighted by Gasteiger charge is 2.38. The van der Waals surface area contributed by atoms with Gasteiger partial charge >= 0.3 is 0 Å². The third kappa shape index (κ3) is 4.08. The van der Waals surface area contributed by atoms with Crippen molar-refractivity contribution in [2.24, 2.45) is 7.05 Å². The molecule has 0 aliphatic carbocycles. The second-order valence-electron chi connectivity index (χ2n) is 8.56. The van der Waals surface area contributed by atoms with Crippen molar-refractivity contribution < 1.29 is 17.6 Å². The van der Waals surface area contributed by atoms with Crippen LogP contribution in [0.25, 0.3) is 16.6 Å². The summed E-state index contributed by atoms with van der Waals surface area (Å²) in [5.41, 5.74) is 3.27. The van der Waals surface area contributed by atoms with Crippen molar-refractivity contribution >= 4 is 26.8 Å². The number of amides is 1. The summed E-state index contributed by atoms with van der Waals surface area (Å²) in [5.74, 6) is -0.459. The maximum absolute atomic E-state index is 13.4. The van der Waals surface area contributed by atoms with E-state index in [4.69, 9.17) is 0 Å². The number of hydrogen-bond donors (Lipinski definition) is 0. The monoisotopic (exact) mass is 497 g/mol. The summed E-state index contributed by atoms with van der Waals surface area (Å²) in [6.07, 6.45) is 2.93. The summed E-state index contributed by atoms with van der Waals surface area (Å²) in [6, 6.07) is 9.47. The van der Waals surface area contributed by atoms with Crippen molar-refractivity contribution in [1.82, 2.24) is 34.0 Å². The Morgan fingerprint density at radius 2 is 1.83 bits per heavy atom. The minimum Gasteiger partial charge on any atom is -0.333 e. The van der Waals surface area contributed by atoms with Gasteiger partial charge in [-0.1, -0.05) is 0 Å². The molecule has 1 fully saturated rings. The Bertz CT molecular complexity index is 1530. The van der Waals surface area contributed by atoms with E-state index in [-0.39, 0.29) is 36.4 Å². The molecule has 1 atom stereocenters. The molecule has 12 heteroatoms. The van der Waals surface area contributed by atoms with E-state index >= 15 is 0 Å². The molecule has 1 aliphatic rings. The SMILES string of the molecule is CC(=O)N1CCN(S(=O)(=O)c2cnn(C)n2)CC1c1cc2cnn(-c3ccc(F)cc3)c2cc1C. The van der Waals surface area contributed by atoms with Gasteiger partial charge in [-0.15, -0.1) is 5.10 Å². The van der Waals surface area contributed by atoms with Crippen LogP contribution in [0.4, 0.5) is 4.39 Å². The number of halogens is 1. The molecule has 1 unspecified atom stereocenters. The van der Waals surface area contributed by atoms with Crippen LogP contribution in [-0.4, -0.2) is 67.9 Å². The first-order valence-corrected chi connectivity index (χ1v) is 12.5. The second kappa shape index (κ2) is 8.54. The van der Waals surface area contributed by atoms with Gasteiger partial charge in [0.2, 0.25) is 10.9 Å². The number of rotatable bonds is 4. The Hall–Kier alpha value is -3.64.